The van der Waals surface area contributed by atoms with E-state index in [0.717, 1.165) is 5.56 Å². The summed E-state index contributed by atoms with van der Waals surface area (Å²) in [6.07, 6.45) is 1.87. The van der Waals surface area contributed by atoms with Crippen molar-refractivity contribution < 1.29 is 9.59 Å². The Kier molecular flexibility index (Phi) is 4.38. The molecule has 5 nitrogen and oxygen atoms in total. The number of hydrogen-bond donors (Lipinski definition) is 3. The van der Waals surface area contributed by atoms with E-state index in [4.69, 9.17) is 0 Å². The Morgan fingerprint density at radius 2 is 1.69 bits per heavy atom. The molecule has 0 saturated heterocycles. The van der Waals surface area contributed by atoms with Crippen molar-refractivity contribution in [2.45, 2.75) is 6.42 Å². The number of imide groups is 1. The second-order valence-corrected chi connectivity index (χ2v) is 3.15. The molecule has 5 heteroatoms. The summed E-state index contributed by atoms with van der Waals surface area (Å²) < 4.78 is 0. The molecule has 0 bridgehead atoms. The van der Waals surface area contributed by atoms with E-state index in [-0.39, 0.29) is 11.8 Å². The zero-order valence-corrected chi connectivity index (χ0v) is 8.64. The fourth-order valence-corrected chi connectivity index (χ4v) is 1.40. The maximum absolute atomic E-state index is 11.2. The fraction of sp³-hybridized carbons (Fsp3) is 0.0909. The van der Waals surface area contributed by atoms with Gasteiger partial charge in [-0.05, 0) is 5.56 Å². The zero-order valence-electron chi connectivity index (χ0n) is 8.64. The Hall–Kier alpha value is -1.98. The monoisotopic (exact) mass is 219 g/mol. The van der Waals surface area contributed by atoms with Crippen LogP contribution in [0.4, 0.5) is 0 Å². The highest BCUT2D eigenvalue weighted by molar-refractivity contribution is 6.16. The predicted molar refractivity (Wildman–Crippen MR) is 59.8 cm³/mol. The third-order valence-corrected chi connectivity index (χ3v) is 2.07. The van der Waals surface area contributed by atoms with Crippen LogP contribution in [-0.2, 0) is 16.0 Å². The van der Waals surface area contributed by atoms with Gasteiger partial charge in [0.05, 0.1) is 0 Å². The SMILES string of the molecule is NN.O=C1C=C(Cc2ccccc2)C(=O)N1. The van der Waals surface area contributed by atoms with Crippen molar-refractivity contribution in [3.8, 4) is 0 Å². The van der Waals surface area contributed by atoms with Gasteiger partial charge in [-0.2, -0.15) is 0 Å². The number of hydrogen-bond acceptors (Lipinski definition) is 4. The van der Waals surface area contributed by atoms with Gasteiger partial charge in [0.15, 0.2) is 0 Å². The standard InChI is InChI=1S/C11H9NO2.H4N2/c13-10-7-9(11(14)12-10)6-8-4-2-1-3-5-8;1-2/h1-5,7H,6H2,(H,12,13,14);1-2H2. The Morgan fingerprint density at radius 1 is 1.06 bits per heavy atom. The van der Waals surface area contributed by atoms with Crippen molar-refractivity contribution in [3.63, 3.8) is 0 Å². The average Bonchev–Trinajstić information content (AvgIpc) is 2.62. The van der Waals surface area contributed by atoms with Crippen LogP contribution in [0.15, 0.2) is 42.0 Å². The molecule has 0 unspecified atom stereocenters. The molecule has 1 aromatic carbocycles. The molecule has 0 atom stereocenters. The minimum Gasteiger partial charge on any atom is -0.289 e. The van der Waals surface area contributed by atoms with Crippen molar-refractivity contribution in [3.05, 3.63) is 47.5 Å². The number of rotatable bonds is 2. The van der Waals surface area contributed by atoms with Crippen LogP contribution in [0.5, 0.6) is 0 Å². The Morgan fingerprint density at radius 3 is 2.19 bits per heavy atom. The number of nitrogens with one attached hydrogen (secondary N) is 1. The van der Waals surface area contributed by atoms with Crippen LogP contribution in [0, 0.1) is 0 Å². The maximum Gasteiger partial charge on any atom is 0.254 e. The zero-order chi connectivity index (χ0) is 12.0. The fourth-order valence-electron chi connectivity index (χ4n) is 1.40. The molecule has 5 N–H and O–H groups in total. The molecule has 16 heavy (non-hydrogen) atoms. The molecule has 0 aromatic heterocycles. The van der Waals surface area contributed by atoms with Gasteiger partial charge in [0.25, 0.3) is 11.8 Å². The van der Waals surface area contributed by atoms with E-state index in [1.165, 1.54) is 6.08 Å². The Labute approximate surface area is 93.1 Å². The summed E-state index contributed by atoms with van der Waals surface area (Å²) in [5.41, 5.74) is 1.56. The van der Waals surface area contributed by atoms with Gasteiger partial charge in [-0.1, -0.05) is 30.3 Å². The molecule has 0 spiro atoms. The van der Waals surface area contributed by atoms with E-state index in [9.17, 15) is 9.59 Å². The quantitative estimate of drug-likeness (QED) is 0.359. The van der Waals surface area contributed by atoms with E-state index < -0.39 is 0 Å². The summed E-state index contributed by atoms with van der Waals surface area (Å²) in [6, 6.07) is 9.58. The highest BCUT2D eigenvalue weighted by Crippen LogP contribution is 2.10. The first-order valence-corrected chi connectivity index (χ1v) is 4.69. The number of benzene rings is 1. The predicted octanol–water partition coefficient (Wildman–Crippen LogP) is -0.369. The highest BCUT2D eigenvalue weighted by atomic mass is 16.2. The van der Waals surface area contributed by atoms with Crippen molar-refractivity contribution in [1.29, 1.82) is 0 Å². The Balaban J connectivity index is 0.000000606. The highest BCUT2D eigenvalue weighted by Gasteiger charge is 2.20. The second-order valence-electron chi connectivity index (χ2n) is 3.15. The third kappa shape index (κ3) is 3.01. The molecule has 0 saturated carbocycles. The van der Waals surface area contributed by atoms with Gasteiger partial charge in [-0.15, -0.1) is 0 Å². The second kappa shape index (κ2) is 5.79. The normalized spacial score (nSPS) is 13.8. The number of nitrogens with two attached hydrogens (primary N) is 2. The van der Waals surface area contributed by atoms with Crippen LogP contribution in [0.25, 0.3) is 0 Å². The molecule has 84 valence electrons. The largest absolute Gasteiger partial charge is 0.289 e. The first kappa shape index (κ1) is 12.1. The van der Waals surface area contributed by atoms with Gasteiger partial charge in [0.1, 0.15) is 0 Å². The lowest BCUT2D eigenvalue weighted by Gasteiger charge is -1.99. The molecule has 1 aliphatic rings. The Bertz CT molecular complexity index is 412. The van der Waals surface area contributed by atoms with Crippen LogP contribution < -0.4 is 17.0 Å². The molecule has 2 rings (SSSR count). The summed E-state index contributed by atoms with van der Waals surface area (Å²) in [5.74, 6) is 7.40. The number of hydrazine groups is 1. The molecule has 2 amide bonds. The summed E-state index contributed by atoms with van der Waals surface area (Å²) in [6.45, 7) is 0. The molecule has 0 aliphatic carbocycles. The van der Waals surface area contributed by atoms with Crippen LogP contribution in [-0.4, -0.2) is 11.8 Å². The van der Waals surface area contributed by atoms with Crippen molar-refractivity contribution in [2.24, 2.45) is 11.7 Å². The van der Waals surface area contributed by atoms with Crippen molar-refractivity contribution in [1.82, 2.24) is 5.32 Å². The lowest BCUT2D eigenvalue weighted by molar-refractivity contribution is -0.123. The van der Waals surface area contributed by atoms with E-state index in [0.29, 0.717) is 12.0 Å². The lowest BCUT2D eigenvalue weighted by Crippen LogP contribution is -2.22. The average molecular weight is 219 g/mol. The number of carbonyl (C=O) groups excluding carboxylic acids is 2. The molecule has 0 fully saturated rings. The van der Waals surface area contributed by atoms with E-state index in [1.807, 2.05) is 30.3 Å². The van der Waals surface area contributed by atoms with E-state index >= 15 is 0 Å². The summed E-state index contributed by atoms with van der Waals surface area (Å²) >= 11 is 0. The number of carbonyl (C=O) groups is 2. The first-order chi connectivity index (χ1) is 7.75. The first-order valence-electron chi connectivity index (χ1n) is 4.69. The molecular formula is C11H13N3O2. The molecule has 1 aromatic rings. The van der Waals surface area contributed by atoms with Gasteiger partial charge in [0, 0.05) is 18.1 Å². The molecule has 1 aliphatic heterocycles. The third-order valence-electron chi connectivity index (χ3n) is 2.07. The minimum atomic E-state index is -0.319. The number of amides is 2. The van der Waals surface area contributed by atoms with Crippen LogP contribution in [0.3, 0.4) is 0 Å². The van der Waals surface area contributed by atoms with Crippen molar-refractivity contribution in [2.75, 3.05) is 0 Å². The minimum absolute atomic E-state index is 0.279. The topological polar surface area (TPSA) is 98.2 Å². The van der Waals surface area contributed by atoms with Gasteiger partial charge >= 0.3 is 0 Å². The van der Waals surface area contributed by atoms with Gasteiger partial charge < -0.3 is 0 Å². The van der Waals surface area contributed by atoms with E-state index in [1.54, 1.807) is 0 Å². The van der Waals surface area contributed by atoms with E-state index in [2.05, 4.69) is 17.0 Å². The molecule has 0 radical (unpaired) electrons. The summed E-state index contributed by atoms with van der Waals surface area (Å²) in [5, 5.41) is 2.22. The lowest BCUT2D eigenvalue weighted by atomic mass is 10.1. The van der Waals surface area contributed by atoms with Gasteiger partial charge in [-0.3, -0.25) is 26.6 Å². The molecular weight excluding hydrogens is 206 g/mol. The molecule has 1 heterocycles. The summed E-state index contributed by atoms with van der Waals surface area (Å²) in [4.78, 5) is 22.0. The van der Waals surface area contributed by atoms with Crippen LogP contribution >= 0.6 is 0 Å². The summed E-state index contributed by atoms with van der Waals surface area (Å²) in [7, 11) is 0. The van der Waals surface area contributed by atoms with Crippen LogP contribution in [0.2, 0.25) is 0 Å². The van der Waals surface area contributed by atoms with Gasteiger partial charge in [0.2, 0.25) is 0 Å². The smallest absolute Gasteiger partial charge is 0.254 e. The maximum atomic E-state index is 11.2. The van der Waals surface area contributed by atoms with Gasteiger partial charge in [-0.25, -0.2) is 0 Å². The van der Waals surface area contributed by atoms with Crippen molar-refractivity contribution >= 4 is 11.8 Å². The van der Waals surface area contributed by atoms with Crippen LogP contribution in [0.1, 0.15) is 5.56 Å².